The average molecular weight is 271 g/mol. The molecule has 2 unspecified atom stereocenters. The Labute approximate surface area is 109 Å². The van der Waals surface area contributed by atoms with E-state index in [-0.39, 0.29) is 5.25 Å². The Bertz CT molecular complexity index is 406. The number of nitrogens with one attached hydrogen (secondary N) is 1. The molecule has 0 bridgehead atoms. The number of thiocarbonyl (C=S) groups is 1. The van der Waals surface area contributed by atoms with Gasteiger partial charge in [0.05, 0.1) is 17.6 Å². The monoisotopic (exact) mass is 271 g/mol. The van der Waals surface area contributed by atoms with Crippen LogP contribution in [0.15, 0.2) is 18.3 Å². The lowest BCUT2D eigenvalue weighted by atomic mass is 10.3. The van der Waals surface area contributed by atoms with Crippen LogP contribution in [-0.2, 0) is 10.8 Å². The van der Waals surface area contributed by atoms with E-state index in [1.807, 2.05) is 13.0 Å². The van der Waals surface area contributed by atoms with E-state index in [2.05, 4.69) is 10.3 Å². The minimum atomic E-state index is -0.767. The first-order valence-corrected chi connectivity index (χ1v) is 7.35. The van der Waals surface area contributed by atoms with Gasteiger partial charge in [0.2, 0.25) is 0 Å². The van der Waals surface area contributed by atoms with Crippen molar-refractivity contribution in [1.82, 2.24) is 4.98 Å². The molecule has 0 saturated carbocycles. The zero-order valence-electron chi connectivity index (χ0n) is 9.97. The topological polar surface area (TPSA) is 68.0 Å². The Hall–Kier alpha value is -1.01. The second-order valence-corrected chi connectivity index (χ2v) is 6.06. The third-order valence-electron chi connectivity index (χ3n) is 2.46. The summed E-state index contributed by atoms with van der Waals surface area (Å²) in [5.41, 5.74) is 6.99. The fourth-order valence-corrected chi connectivity index (χ4v) is 1.80. The van der Waals surface area contributed by atoms with E-state index >= 15 is 0 Å². The predicted molar refractivity (Wildman–Crippen MR) is 76.8 cm³/mol. The molecule has 4 nitrogen and oxygen atoms in total. The van der Waals surface area contributed by atoms with Crippen molar-refractivity contribution in [1.29, 1.82) is 0 Å². The third-order valence-corrected chi connectivity index (χ3v) is 4.04. The van der Waals surface area contributed by atoms with Gasteiger partial charge in [-0.15, -0.1) is 0 Å². The molecule has 94 valence electrons. The van der Waals surface area contributed by atoms with E-state index in [0.717, 1.165) is 18.7 Å². The van der Waals surface area contributed by atoms with Gasteiger partial charge in [0.1, 0.15) is 4.99 Å². The second-order valence-electron chi connectivity index (χ2n) is 3.82. The Morgan fingerprint density at radius 1 is 1.65 bits per heavy atom. The molecular weight excluding hydrogens is 254 g/mol. The molecule has 0 fully saturated rings. The molecule has 0 aliphatic rings. The Morgan fingerprint density at radius 3 is 2.82 bits per heavy atom. The molecule has 0 radical (unpaired) electrons. The van der Waals surface area contributed by atoms with E-state index in [1.54, 1.807) is 18.5 Å². The van der Waals surface area contributed by atoms with Gasteiger partial charge in [0.15, 0.2) is 0 Å². The lowest BCUT2D eigenvalue weighted by molar-refractivity contribution is 0.672. The van der Waals surface area contributed by atoms with Crippen molar-refractivity contribution in [3.63, 3.8) is 0 Å². The van der Waals surface area contributed by atoms with Crippen LogP contribution in [0, 0.1) is 0 Å². The van der Waals surface area contributed by atoms with Crippen LogP contribution in [-0.4, -0.2) is 32.2 Å². The highest BCUT2D eigenvalue weighted by Crippen LogP contribution is 2.07. The molecule has 2 atom stereocenters. The van der Waals surface area contributed by atoms with Gasteiger partial charge in [0, 0.05) is 28.9 Å². The predicted octanol–water partition coefficient (Wildman–Crippen LogP) is 1.28. The van der Waals surface area contributed by atoms with Crippen molar-refractivity contribution in [2.24, 2.45) is 5.73 Å². The third kappa shape index (κ3) is 4.79. The number of nitrogens with zero attached hydrogens (tertiary/aromatic N) is 1. The number of nitrogens with two attached hydrogens (primary N) is 1. The maximum Gasteiger partial charge on any atom is 0.122 e. The summed E-state index contributed by atoms with van der Waals surface area (Å²) in [6, 6.07) is 3.67. The fraction of sp³-hybridized carbons (Fsp3) is 0.455. The normalized spacial score (nSPS) is 14.0. The lowest BCUT2D eigenvalue weighted by Gasteiger charge is -2.10. The Morgan fingerprint density at radius 2 is 2.35 bits per heavy atom. The summed E-state index contributed by atoms with van der Waals surface area (Å²) in [5.74, 6) is 0. The quantitative estimate of drug-likeness (QED) is 0.763. The molecule has 17 heavy (non-hydrogen) atoms. The average Bonchev–Trinajstić information content (AvgIpc) is 2.29. The molecular formula is C11H17N3OS2. The van der Waals surface area contributed by atoms with Gasteiger partial charge in [-0.1, -0.05) is 19.1 Å². The van der Waals surface area contributed by atoms with Gasteiger partial charge in [-0.2, -0.15) is 0 Å². The first-order chi connectivity index (χ1) is 8.00. The Kier molecular flexibility index (Phi) is 5.50. The number of pyridine rings is 1. The zero-order valence-corrected chi connectivity index (χ0v) is 11.6. The van der Waals surface area contributed by atoms with Gasteiger partial charge >= 0.3 is 0 Å². The van der Waals surface area contributed by atoms with E-state index in [4.69, 9.17) is 18.0 Å². The molecule has 1 heterocycles. The first kappa shape index (κ1) is 14.1. The SMILES string of the molecule is CC(CCNc1ccc(C(N)=S)nc1)S(C)=O. The molecule has 1 rings (SSSR count). The molecule has 1 aromatic rings. The van der Waals surface area contributed by atoms with Crippen molar-refractivity contribution < 1.29 is 4.21 Å². The minimum Gasteiger partial charge on any atom is -0.388 e. The number of hydrogen-bond donors (Lipinski definition) is 2. The van der Waals surface area contributed by atoms with Crippen LogP contribution in [0.5, 0.6) is 0 Å². The maximum atomic E-state index is 11.1. The fourth-order valence-electron chi connectivity index (χ4n) is 1.23. The van der Waals surface area contributed by atoms with Crippen LogP contribution in [0.4, 0.5) is 5.69 Å². The smallest absolute Gasteiger partial charge is 0.122 e. The van der Waals surface area contributed by atoms with Crippen molar-refractivity contribution in [2.75, 3.05) is 18.1 Å². The highest BCUT2D eigenvalue weighted by atomic mass is 32.2. The molecule has 0 aromatic carbocycles. The van der Waals surface area contributed by atoms with Gasteiger partial charge in [-0.05, 0) is 18.6 Å². The number of anilines is 1. The summed E-state index contributed by atoms with van der Waals surface area (Å²) in [6.07, 6.45) is 4.28. The summed E-state index contributed by atoms with van der Waals surface area (Å²) in [6.45, 7) is 2.75. The number of aromatic nitrogens is 1. The van der Waals surface area contributed by atoms with E-state index in [9.17, 15) is 4.21 Å². The van der Waals surface area contributed by atoms with Crippen LogP contribution in [0.3, 0.4) is 0 Å². The second kappa shape index (κ2) is 6.66. The van der Waals surface area contributed by atoms with Crippen LogP contribution >= 0.6 is 12.2 Å². The summed E-state index contributed by atoms with van der Waals surface area (Å²) in [5, 5.41) is 3.42. The molecule has 0 spiro atoms. The molecule has 3 N–H and O–H groups in total. The van der Waals surface area contributed by atoms with E-state index in [0.29, 0.717) is 10.7 Å². The van der Waals surface area contributed by atoms with Gasteiger partial charge < -0.3 is 11.1 Å². The summed E-state index contributed by atoms with van der Waals surface area (Å²) in [4.78, 5) is 4.42. The highest BCUT2D eigenvalue weighted by Gasteiger charge is 2.05. The molecule has 0 aliphatic heterocycles. The summed E-state index contributed by atoms with van der Waals surface area (Å²) >= 11 is 4.82. The van der Waals surface area contributed by atoms with Gasteiger partial charge in [0.25, 0.3) is 0 Å². The summed E-state index contributed by atoms with van der Waals surface area (Å²) in [7, 11) is -0.767. The minimum absolute atomic E-state index is 0.200. The summed E-state index contributed by atoms with van der Waals surface area (Å²) < 4.78 is 11.1. The molecule has 0 amide bonds. The lowest BCUT2D eigenvalue weighted by Crippen LogP contribution is -2.15. The molecule has 1 aromatic heterocycles. The van der Waals surface area contributed by atoms with E-state index in [1.165, 1.54) is 0 Å². The molecule has 0 saturated heterocycles. The van der Waals surface area contributed by atoms with Crippen molar-refractivity contribution >= 4 is 33.7 Å². The van der Waals surface area contributed by atoms with Gasteiger partial charge in [-0.3, -0.25) is 9.19 Å². The highest BCUT2D eigenvalue weighted by molar-refractivity contribution is 7.84. The van der Waals surface area contributed by atoms with Crippen molar-refractivity contribution in [3.8, 4) is 0 Å². The van der Waals surface area contributed by atoms with Crippen LogP contribution in [0.1, 0.15) is 19.0 Å². The van der Waals surface area contributed by atoms with Crippen LogP contribution in [0.2, 0.25) is 0 Å². The zero-order chi connectivity index (χ0) is 12.8. The standard InChI is InChI=1S/C11H17N3OS2/c1-8(17(2)15)5-6-13-9-3-4-10(11(12)16)14-7-9/h3-4,7-8,13H,5-6H2,1-2H3,(H2,12,16). The number of hydrogen-bond acceptors (Lipinski definition) is 4. The van der Waals surface area contributed by atoms with Crippen LogP contribution < -0.4 is 11.1 Å². The largest absolute Gasteiger partial charge is 0.388 e. The van der Waals surface area contributed by atoms with Gasteiger partial charge in [-0.25, -0.2) is 0 Å². The van der Waals surface area contributed by atoms with Crippen molar-refractivity contribution in [2.45, 2.75) is 18.6 Å². The van der Waals surface area contributed by atoms with Crippen molar-refractivity contribution in [3.05, 3.63) is 24.0 Å². The Balaban J connectivity index is 2.42. The number of rotatable bonds is 6. The van der Waals surface area contributed by atoms with Crippen LogP contribution in [0.25, 0.3) is 0 Å². The first-order valence-electron chi connectivity index (χ1n) is 5.32. The molecule has 0 aliphatic carbocycles. The molecule has 6 heteroatoms. The maximum absolute atomic E-state index is 11.1. The van der Waals surface area contributed by atoms with E-state index < -0.39 is 10.8 Å².